The lowest BCUT2D eigenvalue weighted by molar-refractivity contribution is -0.138. The van der Waals surface area contributed by atoms with Crippen LogP contribution in [0.15, 0.2) is 18.5 Å². The molecule has 1 aromatic heterocycles. The summed E-state index contributed by atoms with van der Waals surface area (Å²) in [6.07, 6.45) is 4.06. The Kier molecular flexibility index (Phi) is 6.65. The van der Waals surface area contributed by atoms with Crippen LogP contribution in [0.2, 0.25) is 0 Å². The number of aryl methyl sites for hydroxylation is 1. The largest absolute Gasteiger partial charge is 0.481 e. The van der Waals surface area contributed by atoms with Gasteiger partial charge in [0.2, 0.25) is 0 Å². The molecule has 0 unspecified atom stereocenters. The number of nitrogens with zero attached hydrogens (tertiary/aromatic N) is 1. The third kappa shape index (κ3) is 6.74. The number of carboxylic acid groups (broad SMARTS) is 1. The van der Waals surface area contributed by atoms with E-state index in [1.165, 1.54) is 0 Å². The molecular weight excluding hydrogens is 270 g/mol. The van der Waals surface area contributed by atoms with Gasteiger partial charge in [0, 0.05) is 19.2 Å². The van der Waals surface area contributed by atoms with E-state index in [0.29, 0.717) is 18.2 Å². The molecule has 0 aliphatic heterocycles. The van der Waals surface area contributed by atoms with Crippen LogP contribution in [0.25, 0.3) is 0 Å². The number of urea groups is 1. The van der Waals surface area contributed by atoms with Crippen molar-refractivity contribution in [1.82, 2.24) is 10.3 Å². The molecule has 0 aliphatic carbocycles. The molecule has 1 rings (SSSR count). The number of carbonyl (C=O) groups is 2. The van der Waals surface area contributed by atoms with Gasteiger partial charge in [-0.2, -0.15) is 0 Å². The molecular formula is C15H23N3O3. The van der Waals surface area contributed by atoms with E-state index in [2.05, 4.69) is 15.6 Å². The number of amides is 2. The SMILES string of the molecule is Cc1ccncc1NC(=O)NC[C@H](CC(=O)O)CC(C)C. The fraction of sp³-hybridized carbons (Fsp3) is 0.533. The minimum Gasteiger partial charge on any atom is -0.481 e. The fourth-order valence-corrected chi connectivity index (χ4v) is 2.15. The smallest absolute Gasteiger partial charge is 0.319 e. The molecule has 3 N–H and O–H groups in total. The van der Waals surface area contributed by atoms with Gasteiger partial charge in [-0.15, -0.1) is 0 Å². The molecule has 1 atom stereocenters. The zero-order valence-electron chi connectivity index (χ0n) is 12.7. The van der Waals surface area contributed by atoms with Gasteiger partial charge < -0.3 is 15.7 Å². The Balaban J connectivity index is 2.49. The number of hydrogen-bond donors (Lipinski definition) is 3. The molecule has 0 aliphatic rings. The highest BCUT2D eigenvalue weighted by atomic mass is 16.4. The zero-order valence-corrected chi connectivity index (χ0v) is 12.7. The summed E-state index contributed by atoms with van der Waals surface area (Å²) in [6, 6.07) is 1.46. The highest BCUT2D eigenvalue weighted by Gasteiger charge is 2.16. The zero-order chi connectivity index (χ0) is 15.8. The predicted molar refractivity (Wildman–Crippen MR) is 81.2 cm³/mol. The summed E-state index contributed by atoms with van der Waals surface area (Å²) in [7, 11) is 0. The van der Waals surface area contributed by atoms with Crippen molar-refractivity contribution in [2.24, 2.45) is 11.8 Å². The van der Waals surface area contributed by atoms with E-state index in [1.54, 1.807) is 12.4 Å². The summed E-state index contributed by atoms with van der Waals surface area (Å²) in [5.41, 5.74) is 1.57. The first-order valence-corrected chi connectivity index (χ1v) is 7.05. The second-order valence-corrected chi connectivity index (χ2v) is 5.62. The summed E-state index contributed by atoms with van der Waals surface area (Å²) in [4.78, 5) is 26.6. The molecule has 6 heteroatoms. The molecule has 0 aromatic carbocycles. The van der Waals surface area contributed by atoms with E-state index >= 15 is 0 Å². The van der Waals surface area contributed by atoms with Crippen molar-refractivity contribution in [1.29, 1.82) is 0 Å². The van der Waals surface area contributed by atoms with E-state index in [9.17, 15) is 9.59 Å². The maximum Gasteiger partial charge on any atom is 0.319 e. The molecule has 1 aromatic rings. The number of carbonyl (C=O) groups excluding carboxylic acids is 1. The maximum atomic E-state index is 11.8. The first-order valence-electron chi connectivity index (χ1n) is 7.05. The minimum absolute atomic E-state index is 0.0599. The van der Waals surface area contributed by atoms with Crippen molar-refractivity contribution in [2.45, 2.75) is 33.6 Å². The molecule has 116 valence electrons. The van der Waals surface area contributed by atoms with Gasteiger partial charge in [-0.1, -0.05) is 13.8 Å². The number of anilines is 1. The summed E-state index contributed by atoms with van der Waals surface area (Å²) in [5, 5.41) is 14.3. The van der Waals surface area contributed by atoms with Crippen LogP contribution in [-0.4, -0.2) is 28.6 Å². The molecule has 6 nitrogen and oxygen atoms in total. The van der Waals surface area contributed by atoms with Crippen LogP contribution >= 0.6 is 0 Å². The number of nitrogens with one attached hydrogen (secondary N) is 2. The van der Waals surface area contributed by atoms with Crippen LogP contribution in [0.1, 0.15) is 32.3 Å². The molecule has 0 radical (unpaired) electrons. The van der Waals surface area contributed by atoms with E-state index in [1.807, 2.05) is 26.8 Å². The van der Waals surface area contributed by atoms with Crippen molar-refractivity contribution < 1.29 is 14.7 Å². The Hall–Kier alpha value is -2.11. The van der Waals surface area contributed by atoms with E-state index in [4.69, 9.17) is 5.11 Å². The molecule has 0 saturated carbocycles. The lowest BCUT2D eigenvalue weighted by Crippen LogP contribution is -2.34. The van der Waals surface area contributed by atoms with Gasteiger partial charge in [0.1, 0.15) is 0 Å². The lowest BCUT2D eigenvalue weighted by Gasteiger charge is -2.18. The van der Waals surface area contributed by atoms with Crippen LogP contribution in [-0.2, 0) is 4.79 Å². The summed E-state index contributed by atoms with van der Waals surface area (Å²) >= 11 is 0. The second kappa shape index (κ2) is 8.24. The monoisotopic (exact) mass is 293 g/mol. The average Bonchev–Trinajstić information content (AvgIpc) is 2.37. The molecule has 1 heterocycles. The van der Waals surface area contributed by atoms with Crippen molar-refractivity contribution >= 4 is 17.7 Å². The number of aliphatic carboxylic acids is 1. The van der Waals surface area contributed by atoms with Crippen molar-refractivity contribution in [3.63, 3.8) is 0 Å². The topological polar surface area (TPSA) is 91.3 Å². The number of pyridine rings is 1. The number of aromatic nitrogens is 1. The lowest BCUT2D eigenvalue weighted by atomic mass is 9.94. The third-order valence-electron chi connectivity index (χ3n) is 3.11. The average molecular weight is 293 g/mol. The van der Waals surface area contributed by atoms with Gasteiger partial charge in [0.25, 0.3) is 0 Å². The molecule has 0 fully saturated rings. The van der Waals surface area contributed by atoms with Gasteiger partial charge in [0.05, 0.1) is 11.9 Å². The van der Waals surface area contributed by atoms with Crippen molar-refractivity contribution in [2.75, 3.05) is 11.9 Å². The van der Waals surface area contributed by atoms with Crippen LogP contribution in [0.3, 0.4) is 0 Å². The van der Waals surface area contributed by atoms with Gasteiger partial charge in [-0.3, -0.25) is 9.78 Å². The van der Waals surface area contributed by atoms with Crippen molar-refractivity contribution in [3.05, 3.63) is 24.0 Å². The molecule has 2 amide bonds. The summed E-state index contributed by atoms with van der Waals surface area (Å²) in [6.45, 7) is 6.29. The second-order valence-electron chi connectivity index (χ2n) is 5.62. The Labute approximate surface area is 125 Å². The fourth-order valence-electron chi connectivity index (χ4n) is 2.15. The van der Waals surface area contributed by atoms with Gasteiger partial charge in [0.15, 0.2) is 0 Å². The Bertz CT molecular complexity index is 489. The summed E-state index contributed by atoms with van der Waals surface area (Å²) in [5.74, 6) is -0.519. The number of carboxylic acids is 1. The molecule has 0 bridgehead atoms. The minimum atomic E-state index is -0.842. The molecule has 0 spiro atoms. The van der Waals surface area contributed by atoms with Crippen LogP contribution < -0.4 is 10.6 Å². The third-order valence-corrected chi connectivity index (χ3v) is 3.11. The maximum absolute atomic E-state index is 11.8. The Morgan fingerprint density at radius 3 is 2.67 bits per heavy atom. The highest BCUT2D eigenvalue weighted by Crippen LogP contribution is 2.15. The number of hydrogen-bond acceptors (Lipinski definition) is 3. The highest BCUT2D eigenvalue weighted by molar-refractivity contribution is 5.89. The Morgan fingerprint density at radius 2 is 2.10 bits per heavy atom. The van der Waals surface area contributed by atoms with Gasteiger partial charge >= 0.3 is 12.0 Å². The van der Waals surface area contributed by atoms with E-state index in [-0.39, 0.29) is 18.4 Å². The first kappa shape index (κ1) is 16.9. The van der Waals surface area contributed by atoms with Crippen LogP contribution in [0.5, 0.6) is 0 Å². The van der Waals surface area contributed by atoms with Gasteiger partial charge in [-0.05, 0) is 36.8 Å². The standard InChI is InChI=1S/C15H23N3O3/c1-10(2)6-12(7-14(19)20)8-17-15(21)18-13-9-16-5-4-11(13)3/h4-5,9-10,12H,6-8H2,1-3H3,(H,19,20)(H2,17,18,21)/t12-/m0/s1. The van der Waals surface area contributed by atoms with Crippen LogP contribution in [0, 0.1) is 18.8 Å². The first-order chi connectivity index (χ1) is 9.88. The Morgan fingerprint density at radius 1 is 1.38 bits per heavy atom. The molecule has 21 heavy (non-hydrogen) atoms. The van der Waals surface area contributed by atoms with Gasteiger partial charge in [-0.25, -0.2) is 4.79 Å². The summed E-state index contributed by atoms with van der Waals surface area (Å²) < 4.78 is 0. The van der Waals surface area contributed by atoms with E-state index in [0.717, 1.165) is 12.0 Å². The van der Waals surface area contributed by atoms with E-state index < -0.39 is 5.97 Å². The normalized spacial score (nSPS) is 12.0. The quantitative estimate of drug-likeness (QED) is 0.720. The van der Waals surface area contributed by atoms with Crippen molar-refractivity contribution in [3.8, 4) is 0 Å². The van der Waals surface area contributed by atoms with Crippen LogP contribution in [0.4, 0.5) is 10.5 Å². The predicted octanol–water partition coefficient (Wildman–Crippen LogP) is 2.65. The number of rotatable bonds is 7. The molecule has 0 saturated heterocycles.